The molecular weight excluding hydrogens is 289 g/mol. The Labute approximate surface area is 109 Å². The van der Waals surface area contributed by atoms with E-state index in [0.717, 1.165) is 41.1 Å². The number of hydrogen-bond acceptors (Lipinski definition) is 2. The first-order chi connectivity index (χ1) is 7.70. The van der Waals surface area contributed by atoms with E-state index in [1.54, 1.807) is 0 Å². The summed E-state index contributed by atoms with van der Waals surface area (Å²) in [6.07, 6.45) is 2.20. The predicted molar refractivity (Wildman–Crippen MR) is 69.6 cm³/mol. The summed E-state index contributed by atoms with van der Waals surface area (Å²) in [5.41, 5.74) is 7.26. The van der Waals surface area contributed by atoms with E-state index in [0.29, 0.717) is 5.92 Å². The molecular formula is C12H15BrClNO. The Kier molecular flexibility index (Phi) is 4.25. The van der Waals surface area contributed by atoms with Gasteiger partial charge in [0.15, 0.2) is 0 Å². The molecule has 0 aliphatic carbocycles. The van der Waals surface area contributed by atoms with Gasteiger partial charge in [0.2, 0.25) is 0 Å². The van der Waals surface area contributed by atoms with Gasteiger partial charge in [-0.1, -0.05) is 23.7 Å². The van der Waals surface area contributed by atoms with Gasteiger partial charge in [-0.3, -0.25) is 0 Å². The van der Waals surface area contributed by atoms with Crippen molar-refractivity contribution in [1.29, 1.82) is 0 Å². The first kappa shape index (κ1) is 12.4. The molecule has 4 heteroatoms. The SMILES string of the molecule is NC(c1cccc(Br)c1Cl)C1CCCOC1. The summed E-state index contributed by atoms with van der Waals surface area (Å²) in [5.74, 6) is 0.376. The highest BCUT2D eigenvalue weighted by molar-refractivity contribution is 9.10. The maximum absolute atomic E-state index is 6.25. The Morgan fingerprint density at radius 2 is 2.31 bits per heavy atom. The molecule has 0 amide bonds. The van der Waals surface area contributed by atoms with Crippen LogP contribution in [0, 0.1) is 5.92 Å². The quantitative estimate of drug-likeness (QED) is 0.907. The standard InChI is InChI=1S/C12H15BrClNO/c13-10-5-1-4-9(11(10)14)12(15)8-3-2-6-16-7-8/h1,4-5,8,12H,2-3,6-7,15H2. The summed E-state index contributed by atoms with van der Waals surface area (Å²) in [7, 11) is 0. The van der Waals surface area contributed by atoms with E-state index in [-0.39, 0.29) is 6.04 Å². The van der Waals surface area contributed by atoms with Crippen LogP contribution in [0.15, 0.2) is 22.7 Å². The summed E-state index contributed by atoms with van der Waals surface area (Å²) < 4.78 is 6.36. The van der Waals surface area contributed by atoms with E-state index in [9.17, 15) is 0 Å². The van der Waals surface area contributed by atoms with Crippen molar-refractivity contribution >= 4 is 27.5 Å². The molecule has 0 spiro atoms. The second kappa shape index (κ2) is 5.50. The largest absolute Gasteiger partial charge is 0.381 e. The van der Waals surface area contributed by atoms with Crippen molar-refractivity contribution in [3.63, 3.8) is 0 Å². The van der Waals surface area contributed by atoms with Gasteiger partial charge in [0, 0.05) is 23.0 Å². The third-order valence-electron chi connectivity index (χ3n) is 3.04. The second-order valence-electron chi connectivity index (χ2n) is 4.15. The first-order valence-corrected chi connectivity index (χ1v) is 6.64. The van der Waals surface area contributed by atoms with Gasteiger partial charge in [-0.25, -0.2) is 0 Å². The Morgan fingerprint density at radius 1 is 1.50 bits per heavy atom. The molecule has 1 aliphatic heterocycles. The van der Waals surface area contributed by atoms with Crippen molar-refractivity contribution in [2.24, 2.45) is 11.7 Å². The van der Waals surface area contributed by atoms with Gasteiger partial charge < -0.3 is 10.5 Å². The third kappa shape index (κ3) is 2.59. The number of benzene rings is 1. The average Bonchev–Trinajstić information content (AvgIpc) is 2.33. The van der Waals surface area contributed by atoms with E-state index < -0.39 is 0 Å². The van der Waals surface area contributed by atoms with E-state index in [2.05, 4.69) is 15.9 Å². The zero-order valence-electron chi connectivity index (χ0n) is 8.96. The van der Waals surface area contributed by atoms with Gasteiger partial charge in [0.05, 0.1) is 11.6 Å². The Morgan fingerprint density at radius 3 is 3.00 bits per heavy atom. The van der Waals surface area contributed by atoms with E-state index >= 15 is 0 Å². The maximum Gasteiger partial charge on any atom is 0.0595 e. The van der Waals surface area contributed by atoms with Gasteiger partial charge in [0.25, 0.3) is 0 Å². The molecule has 2 atom stereocenters. The Bertz CT molecular complexity index is 366. The summed E-state index contributed by atoms with van der Waals surface area (Å²) in [4.78, 5) is 0. The molecule has 2 rings (SSSR count). The van der Waals surface area contributed by atoms with Crippen LogP contribution in [0.4, 0.5) is 0 Å². The van der Waals surface area contributed by atoms with Crippen molar-refractivity contribution < 1.29 is 4.74 Å². The molecule has 88 valence electrons. The molecule has 2 unspecified atom stereocenters. The molecule has 1 fully saturated rings. The third-order valence-corrected chi connectivity index (χ3v) is 4.35. The van der Waals surface area contributed by atoms with Crippen LogP contribution in [-0.2, 0) is 4.74 Å². The molecule has 2 nitrogen and oxygen atoms in total. The number of nitrogens with two attached hydrogens (primary N) is 1. The lowest BCUT2D eigenvalue weighted by Crippen LogP contribution is -2.29. The van der Waals surface area contributed by atoms with Gasteiger partial charge >= 0.3 is 0 Å². The van der Waals surface area contributed by atoms with Crippen LogP contribution in [0.3, 0.4) is 0 Å². The van der Waals surface area contributed by atoms with E-state index in [1.165, 1.54) is 0 Å². The van der Waals surface area contributed by atoms with Crippen LogP contribution in [-0.4, -0.2) is 13.2 Å². The fraction of sp³-hybridized carbons (Fsp3) is 0.500. The molecule has 0 saturated carbocycles. The lowest BCUT2D eigenvalue weighted by Gasteiger charge is -2.28. The molecule has 0 radical (unpaired) electrons. The lowest BCUT2D eigenvalue weighted by atomic mass is 9.89. The zero-order chi connectivity index (χ0) is 11.5. The number of halogens is 2. The first-order valence-electron chi connectivity index (χ1n) is 5.47. The van der Waals surface area contributed by atoms with Crippen LogP contribution in [0.5, 0.6) is 0 Å². The normalized spacial score (nSPS) is 23.1. The minimum atomic E-state index is -0.0368. The number of rotatable bonds is 2. The zero-order valence-corrected chi connectivity index (χ0v) is 11.3. The van der Waals surface area contributed by atoms with E-state index in [1.807, 2.05) is 18.2 Å². The fourth-order valence-electron chi connectivity index (χ4n) is 2.08. The van der Waals surface area contributed by atoms with Crippen LogP contribution in [0.25, 0.3) is 0 Å². The van der Waals surface area contributed by atoms with Crippen molar-refractivity contribution in [1.82, 2.24) is 0 Å². The van der Waals surface area contributed by atoms with Crippen LogP contribution in [0.1, 0.15) is 24.4 Å². The average molecular weight is 305 g/mol. The highest BCUT2D eigenvalue weighted by Gasteiger charge is 2.24. The highest BCUT2D eigenvalue weighted by atomic mass is 79.9. The summed E-state index contributed by atoms with van der Waals surface area (Å²) in [5, 5.41) is 0.723. The minimum Gasteiger partial charge on any atom is -0.381 e. The highest BCUT2D eigenvalue weighted by Crippen LogP contribution is 2.34. The molecule has 0 bridgehead atoms. The van der Waals surface area contributed by atoms with Crippen molar-refractivity contribution in [3.8, 4) is 0 Å². The molecule has 1 saturated heterocycles. The van der Waals surface area contributed by atoms with Crippen LogP contribution >= 0.6 is 27.5 Å². The van der Waals surface area contributed by atoms with Crippen molar-refractivity contribution in [2.45, 2.75) is 18.9 Å². The van der Waals surface area contributed by atoms with Crippen LogP contribution in [0.2, 0.25) is 5.02 Å². The lowest BCUT2D eigenvalue weighted by molar-refractivity contribution is 0.0448. The molecule has 16 heavy (non-hydrogen) atoms. The van der Waals surface area contributed by atoms with E-state index in [4.69, 9.17) is 22.1 Å². The molecule has 1 aromatic rings. The summed E-state index contributed by atoms with van der Waals surface area (Å²) >= 11 is 9.66. The minimum absolute atomic E-state index is 0.0368. The smallest absolute Gasteiger partial charge is 0.0595 e. The molecule has 2 N–H and O–H groups in total. The van der Waals surface area contributed by atoms with Gasteiger partial charge in [-0.05, 0) is 40.4 Å². The number of ether oxygens (including phenoxy) is 1. The topological polar surface area (TPSA) is 35.2 Å². The number of hydrogen-bond donors (Lipinski definition) is 1. The van der Waals surface area contributed by atoms with Gasteiger partial charge in [-0.2, -0.15) is 0 Å². The molecule has 1 aliphatic rings. The molecule has 1 heterocycles. The van der Waals surface area contributed by atoms with Crippen molar-refractivity contribution in [3.05, 3.63) is 33.3 Å². The Balaban J connectivity index is 2.19. The predicted octanol–water partition coefficient (Wildman–Crippen LogP) is 3.53. The van der Waals surface area contributed by atoms with Crippen LogP contribution < -0.4 is 5.73 Å². The Hall–Kier alpha value is -0.0900. The molecule has 1 aromatic carbocycles. The monoisotopic (exact) mass is 303 g/mol. The molecule has 0 aromatic heterocycles. The van der Waals surface area contributed by atoms with Gasteiger partial charge in [0.1, 0.15) is 0 Å². The second-order valence-corrected chi connectivity index (χ2v) is 5.38. The summed E-state index contributed by atoms with van der Waals surface area (Å²) in [6.45, 7) is 1.60. The van der Waals surface area contributed by atoms with Crippen molar-refractivity contribution in [2.75, 3.05) is 13.2 Å². The van der Waals surface area contributed by atoms with Gasteiger partial charge in [-0.15, -0.1) is 0 Å². The fourth-order valence-corrected chi connectivity index (χ4v) is 2.71. The summed E-state index contributed by atoms with van der Waals surface area (Å²) in [6, 6.07) is 5.85. The maximum atomic E-state index is 6.25.